The molecule has 1 nitrogen and oxygen atoms in total. The second kappa shape index (κ2) is 2.67. The molecular weight excluding hydrogens is 158 g/mol. The molecule has 13 heavy (non-hydrogen) atoms. The molecular formula is C12H11N. The van der Waals surface area contributed by atoms with Gasteiger partial charge in [-0.3, -0.25) is 0 Å². The van der Waals surface area contributed by atoms with Crippen molar-refractivity contribution in [3.05, 3.63) is 35.7 Å². The Balaban J connectivity index is 2.50. The van der Waals surface area contributed by atoms with Crippen LogP contribution < -0.4 is 0 Å². The Bertz CT molecular complexity index is 384. The monoisotopic (exact) mass is 169 g/mol. The van der Waals surface area contributed by atoms with Crippen LogP contribution in [0.3, 0.4) is 0 Å². The third kappa shape index (κ3) is 1.31. The third-order valence-electron chi connectivity index (χ3n) is 2.33. The van der Waals surface area contributed by atoms with Gasteiger partial charge in [0.15, 0.2) is 0 Å². The minimum absolute atomic E-state index is 0.250. The van der Waals surface area contributed by atoms with Crippen LogP contribution in [0, 0.1) is 17.8 Å². The molecule has 1 unspecified atom stereocenters. The summed E-state index contributed by atoms with van der Waals surface area (Å²) in [5, 5.41) is 0. The SMILES string of the molecule is C#CC1(C)C=Cc2cc[nH]c2C=C1. The molecule has 1 aromatic heterocycles. The molecule has 1 N–H and O–H groups in total. The molecule has 2 rings (SSSR count). The van der Waals surface area contributed by atoms with E-state index in [-0.39, 0.29) is 5.41 Å². The lowest BCUT2D eigenvalue weighted by Gasteiger charge is -2.11. The number of hydrogen-bond acceptors (Lipinski definition) is 0. The van der Waals surface area contributed by atoms with Gasteiger partial charge in [0.25, 0.3) is 0 Å². The van der Waals surface area contributed by atoms with Crippen molar-refractivity contribution in [3.8, 4) is 12.3 Å². The van der Waals surface area contributed by atoms with Crippen LogP contribution in [0.25, 0.3) is 12.2 Å². The lowest BCUT2D eigenvalue weighted by atomic mass is 9.91. The van der Waals surface area contributed by atoms with Crippen LogP contribution in [0.15, 0.2) is 24.4 Å². The van der Waals surface area contributed by atoms with E-state index in [9.17, 15) is 0 Å². The van der Waals surface area contributed by atoms with Crippen LogP contribution in [-0.2, 0) is 0 Å². The molecule has 64 valence electrons. The van der Waals surface area contributed by atoms with Gasteiger partial charge in [-0.25, -0.2) is 0 Å². The van der Waals surface area contributed by atoms with E-state index in [1.165, 1.54) is 5.56 Å². The molecule has 0 radical (unpaired) electrons. The second-order valence-electron chi connectivity index (χ2n) is 3.44. The average Bonchev–Trinajstić information content (AvgIpc) is 2.54. The molecule has 1 heterocycles. The summed E-state index contributed by atoms with van der Waals surface area (Å²) < 4.78 is 0. The topological polar surface area (TPSA) is 15.8 Å². The number of nitrogens with one attached hydrogen (secondary N) is 1. The van der Waals surface area contributed by atoms with Crippen molar-refractivity contribution < 1.29 is 0 Å². The van der Waals surface area contributed by atoms with Crippen molar-refractivity contribution in [2.24, 2.45) is 5.41 Å². The Labute approximate surface area is 78.2 Å². The minimum atomic E-state index is -0.250. The van der Waals surface area contributed by atoms with Crippen molar-refractivity contribution >= 4 is 12.2 Å². The zero-order valence-electron chi connectivity index (χ0n) is 7.54. The zero-order chi connectivity index (χ0) is 9.31. The van der Waals surface area contributed by atoms with Crippen LogP contribution in [0.2, 0.25) is 0 Å². The van der Waals surface area contributed by atoms with Crippen LogP contribution >= 0.6 is 0 Å². The fourth-order valence-corrected chi connectivity index (χ4v) is 1.36. The molecule has 0 saturated carbocycles. The highest BCUT2D eigenvalue weighted by Gasteiger charge is 2.15. The number of aromatic amines is 1. The summed E-state index contributed by atoms with van der Waals surface area (Å²) in [5.41, 5.74) is 2.06. The Hall–Kier alpha value is -1.68. The van der Waals surface area contributed by atoms with E-state index >= 15 is 0 Å². The quantitative estimate of drug-likeness (QED) is 0.575. The molecule has 1 heteroatoms. The van der Waals surface area contributed by atoms with E-state index in [2.05, 4.69) is 17.0 Å². The summed E-state index contributed by atoms with van der Waals surface area (Å²) in [5.74, 6) is 2.76. The first-order valence-electron chi connectivity index (χ1n) is 4.27. The van der Waals surface area contributed by atoms with Gasteiger partial charge < -0.3 is 4.98 Å². The van der Waals surface area contributed by atoms with Gasteiger partial charge in [0.2, 0.25) is 0 Å². The fraction of sp³-hybridized carbons (Fsp3) is 0.167. The highest BCUT2D eigenvalue weighted by molar-refractivity contribution is 5.67. The summed E-state index contributed by atoms with van der Waals surface area (Å²) in [6.07, 6.45) is 15.6. The standard InChI is InChI=1S/C12H11N/c1-3-12(2)7-4-10-6-9-13-11(10)5-8-12/h1,4-9,13H,2H3. The second-order valence-corrected chi connectivity index (χ2v) is 3.44. The molecule has 0 amide bonds. The van der Waals surface area contributed by atoms with E-state index in [1.807, 2.05) is 37.4 Å². The first-order chi connectivity index (χ1) is 6.23. The maximum Gasteiger partial charge on any atom is 0.0649 e. The highest BCUT2D eigenvalue weighted by atomic mass is 14.7. The Morgan fingerprint density at radius 2 is 2.15 bits per heavy atom. The Kier molecular flexibility index (Phi) is 1.63. The summed E-state index contributed by atoms with van der Waals surface area (Å²) >= 11 is 0. The molecule has 0 spiro atoms. The van der Waals surface area contributed by atoms with Crippen molar-refractivity contribution in [2.75, 3.05) is 0 Å². The van der Waals surface area contributed by atoms with Crippen molar-refractivity contribution in [1.29, 1.82) is 0 Å². The average molecular weight is 169 g/mol. The van der Waals surface area contributed by atoms with Gasteiger partial charge >= 0.3 is 0 Å². The van der Waals surface area contributed by atoms with Crippen LogP contribution in [0.1, 0.15) is 18.2 Å². The minimum Gasteiger partial charge on any atom is -0.361 e. The first kappa shape index (κ1) is 7.94. The van der Waals surface area contributed by atoms with Crippen molar-refractivity contribution in [1.82, 2.24) is 4.98 Å². The van der Waals surface area contributed by atoms with Crippen LogP contribution in [0.4, 0.5) is 0 Å². The number of allylic oxidation sites excluding steroid dienone is 2. The molecule has 1 atom stereocenters. The van der Waals surface area contributed by atoms with Crippen molar-refractivity contribution in [3.63, 3.8) is 0 Å². The summed E-state index contributed by atoms with van der Waals surface area (Å²) in [6, 6.07) is 2.04. The maximum atomic E-state index is 5.45. The van der Waals surface area contributed by atoms with E-state index in [0.717, 1.165) is 5.69 Å². The van der Waals surface area contributed by atoms with E-state index < -0.39 is 0 Å². The van der Waals surface area contributed by atoms with E-state index in [0.29, 0.717) is 0 Å². The normalized spacial score (nSPS) is 24.9. The summed E-state index contributed by atoms with van der Waals surface area (Å²) in [6.45, 7) is 2.02. The number of H-pyrrole nitrogens is 1. The number of hydrogen-bond donors (Lipinski definition) is 1. The predicted molar refractivity (Wildman–Crippen MR) is 55.8 cm³/mol. The van der Waals surface area contributed by atoms with Gasteiger partial charge in [-0.05, 0) is 24.6 Å². The molecule has 0 fully saturated rings. The van der Waals surface area contributed by atoms with Crippen LogP contribution in [0.5, 0.6) is 0 Å². The molecule has 0 bridgehead atoms. The largest absolute Gasteiger partial charge is 0.361 e. The van der Waals surface area contributed by atoms with Gasteiger partial charge in [0.05, 0.1) is 5.41 Å². The smallest absolute Gasteiger partial charge is 0.0649 e. The molecule has 1 aromatic rings. The molecule has 1 aliphatic carbocycles. The van der Waals surface area contributed by atoms with E-state index in [1.54, 1.807) is 0 Å². The molecule has 0 aromatic carbocycles. The Morgan fingerprint density at radius 3 is 2.92 bits per heavy atom. The lowest BCUT2D eigenvalue weighted by molar-refractivity contribution is 0.760. The van der Waals surface area contributed by atoms with Gasteiger partial charge in [0, 0.05) is 11.9 Å². The zero-order valence-corrected chi connectivity index (χ0v) is 7.54. The van der Waals surface area contributed by atoms with Crippen molar-refractivity contribution in [2.45, 2.75) is 6.92 Å². The Morgan fingerprint density at radius 1 is 1.38 bits per heavy atom. The molecule has 1 aliphatic rings. The number of fused-ring (bicyclic) bond motifs is 1. The molecule has 0 saturated heterocycles. The van der Waals surface area contributed by atoms with Gasteiger partial charge in [-0.2, -0.15) is 0 Å². The number of rotatable bonds is 0. The van der Waals surface area contributed by atoms with Crippen LogP contribution in [-0.4, -0.2) is 4.98 Å². The number of aromatic nitrogens is 1. The predicted octanol–water partition coefficient (Wildman–Crippen LogP) is 2.69. The van der Waals surface area contributed by atoms with Gasteiger partial charge in [0.1, 0.15) is 0 Å². The van der Waals surface area contributed by atoms with Gasteiger partial charge in [-0.1, -0.05) is 24.1 Å². The third-order valence-corrected chi connectivity index (χ3v) is 2.33. The fourth-order valence-electron chi connectivity index (χ4n) is 1.36. The summed E-state index contributed by atoms with van der Waals surface area (Å²) in [7, 11) is 0. The number of terminal acetylenes is 1. The summed E-state index contributed by atoms with van der Waals surface area (Å²) in [4.78, 5) is 3.15. The highest BCUT2D eigenvalue weighted by Crippen LogP contribution is 2.26. The molecule has 0 aliphatic heterocycles. The van der Waals surface area contributed by atoms with E-state index in [4.69, 9.17) is 6.42 Å². The lowest BCUT2D eigenvalue weighted by Crippen LogP contribution is -2.03. The maximum absolute atomic E-state index is 5.45. The first-order valence-corrected chi connectivity index (χ1v) is 4.27. The van der Waals surface area contributed by atoms with Gasteiger partial charge in [-0.15, -0.1) is 6.42 Å².